The second-order valence-corrected chi connectivity index (χ2v) is 3.06. The number of rotatable bonds is 3. The minimum Gasteiger partial charge on any atom is -0.291 e. The summed E-state index contributed by atoms with van der Waals surface area (Å²) in [6, 6.07) is 0. The van der Waals surface area contributed by atoms with Crippen LogP contribution in [0.3, 0.4) is 0 Å². The molecular weight excluding hydrogens is 146 g/mol. The molecule has 0 aromatic heterocycles. The summed E-state index contributed by atoms with van der Waals surface area (Å²) in [6.07, 6.45) is 7.61. The van der Waals surface area contributed by atoms with Crippen LogP contribution >= 0.6 is 0 Å². The normalized spacial score (nSPS) is 14.4. The Kier molecular flexibility index (Phi) is 3.63. The van der Waals surface area contributed by atoms with Gasteiger partial charge < -0.3 is 0 Å². The Hall–Kier alpha value is -1.00. The van der Waals surface area contributed by atoms with Gasteiger partial charge in [0.2, 0.25) is 0 Å². The van der Waals surface area contributed by atoms with Gasteiger partial charge in [0.25, 0.3) is 0 Å². The van der Waals surface area contributed by atoms with Crippen molar-refractivity contribution in [2.45, 2.75) is 13.3 Å². The maximum absolute atomic E-state index is 3.05. The van der Waals surface area contributed by atoms with Crippen LogP contribution in [0.5, 0.6) is 0 Å². The van der Waals surface area contributed by atoms with Gasteiger partial charge in [-0.15, -0.1) is 5.92 Å². The molecule has 1 aliphatic carbocycles. The van der Waals surface area contributed by atoms with E-state index in [2.05, 4.69) is 42.0 Å². The highest BCUT2D eigenvalue weighted by Gasteiger charge is 2.02. The average molecular weight is 161 g/mol. The maximum Gasteiger partial charge on any atom is 0.0601 e. The lowest BCUT2D eigenvalue weighted by molar-refractivity contribution is 0.407. The van der Waals surface area contributed by atoms with E-state index in [0.717, 1.165) is 19.5 Å². The second kappa shape index (κ2) is 4.79. The fourth-order valence-corrected chi connectivity index (χ4v) is 1.23. The molecule has 1 heteroatoms. The first-order valence-corrected chi connectivity index (χ1v) is 4.25. The van der Waals surface area contributed by atoms with Gasteiger partial charge in [-0.05, 0) is 20.4 Å². The Balaban J connectivity index is 2.25. The molecule has 0 fully saturated rings. The van der Waals surface area contributed by atoms with Crippen molar-refractivity contribution in [3.8, 4) is 11.8 Å². The molecule has 0 aromatic rings. The molecule has 0 unspecified atom stereocenters. The lowest BCUT2D eigenvalue weighted by atomic mass is 10.2. The summed E-state index contributed by atoms with van der Waals surface area (Å²) in [5, 5.41) is 0. The van der Waals surface area contributed by atoms with Gasteiger partial charge in [0.15, 0.2) is 0 Å². The van der Waals surface area contributed by atoms with Crippen LogP contribution in [0, 0.1) is 11.8 Å². The SMILES string of the molecule is CC#CCN(C)CC1=CC=CC1. The van der Waals surface area contributed by atoms with Gasteiger partial charge in [0.1, 0.15) is 0 Å². The van der Waals surface area contributed by atoms with Gasteiger partial charge in [-0.1, -0.05) is 29.7 Å². The summed E-state index contributed by atoms with van der Waals surface area (Å²) in [4.78, 5) is 2.23. The molecule has 0 aromatic carbocycles. The first-order valence-electron chi connectivity index (χ1n) is 4.25. The average Bonchev–Trinajstić information content (AvgIpc) is 2.53. The molecule has 0 atom stereocenters. The highest BCUT2D eigenvalue weighted by molar-refractivity contribution is 5.24. The number of hydrogen-bond donors (Lipinski definition) is 0. The van der Waals surface area contributed by atoms with Gasteiger partial charge in [-0.2, -0.15) is 0 Å². The first kappa shape index (κ1) is 9.09. The smallest absolute Gasteiger partial charge is 0.0601 e. The van der Waals surface area contributed by atoms with Crippen molar-refractivity contribution >= 4 is 0 Å². The summed E-state index contributed by atoms with van der Waals surface area (Å²) in [6.45, 7) is 3.79. The van der Waals surface area contributed by atoms with Gasteiger partial charge in [0, 0.05) is 6.54 Å². The van der Waals surface area contributed by atoms with E-state index in [1.54, 1.807) is 0 Å². The number of allylic oxidation sites excluding steroid dienone is 3. The van der Waals surface area contributed by atoms with Crippen molar-refractivity contribution in [3.63, 3.8) is 0 Å². The Labute approximate surface area is 74.8 Å². The highest BCUT2D eigenvalue weighted by atomic mass is 15.1. The summed E-state index contributed by atoms with van der Waals surface area (Å²) >= 11 is 0. The number of nitrogens with zero attached hydrogens (tertiary/aromatic N) is 1. The fourth-order valence-electron chi connectivity index (χ4n) is 1.23. The topological polar surface area (TPSA) is 3.24 Å². The van der Waals surface area contributed by atoms with E-state index in [9.17, 15) is 0 Å². The lowest BCUT2D eigenvalue weighted by Crippen LogP contribution is -2.20. The Morgan fingerprint density at radius 2 is 2.42 bits per heavy atom. The maximum atomic E-state index is 3.05. The summed E-state index contributed by atoms with van der Waals surface area (Å²) in [5.74, 6) is 5.95. The van der Waals surface area contributed by atoms with Gasteiger partial charge in [0.05, 0.1) is 6.54 Å². The van der Waals surface area contributed by atoms with Crippen molar-refractivity contribution in [1.29, 1.82) is 0 Å². The van der Waals surface area contributed by atoms with Crippen LogP contribution in [-0.2, 0) is 0 Å². The molecule has 0 saturated heterocycles. The Morgan fingerprint density at radius 1 is 1.58 bits per heavy atom. The summed E-state index contributed by atoms with van der Waals surface area (Å²) in [5.41, 5.74) is 1.48. The monoisotopic (exact) mass is 161 g/mol. The van der Waals surface area contributed by atoms with E-state index in [4.69, 9.17) is 0 Å². The third-order valence-corrected chi connectivity index (χ3v) is 1.85. The van der Waals surface area contributed by atoms with E-state index in [1.165, 1.54) is 5.57 Å². The molecule has 0 bridgehead atoms. The van der Waals surface area contributed by atoms with Crippen LogP contribution in [0.4, 0.5) is 0 Å². The zero-order chi connectivity index (χ0) is 8.81. The van der Waals surface area contributed by atoms with Crippen molar-refractivity contribution in [3.05, 3.63) is 23.8 Å². The van der Waals surface area contributed by atoms with Crippen LogP contribution in [-0.4, -0.2) is 25.0 Å². The molecule has 1 aliphatic rings. The van der Waals surface area contributed by atoms with Crippen molar-refractivity contribution < 1.29 is 0 Å². The standard InChI is InChI=1S/C11H15N/c1-3-4-9-12(2)10-11-7-5-6-8-11/h5-7H,8-10H2,1-2H3. The third kappa shape index (κ3) is 2.94. The van der Waals surface area contributed by atoms with E-state index in [-0.39, 0.29) is 0 Å². The summed E-state index contributed by atoms with van der Waals surface area (Å²) in [7, 11) is 2.10. The predicted molar refractivity (Wildman–Crippen MR) is 52.8 cm³/mol. The molecule has 0 N–H and O–H groups in total. The van der Waals surface area contributed by atoms with Crippen LogP contribution in [0.25, 0.3) is 0 Å². The zero-order valence-electron chi connectivity index (χ0n) is 7.80. The molecule has 12 heavy (non-hydrogen) atoms. The first-order chi connectivity index (χ1) is 5.83. The molecular formula is C11H15N. The molecule has 64 valence electrons. The highest BCUT2D eigenvalue weighted by Crippen LogP contribution is 2.10. The molecule has 0 amide bonds. The lowest BCUT2D eigenvalue weighted by Gasteiger charge is -2.13. The molecule has 0 spiro atoms. The van der Waals surface area contributed by atoms with Crippen LogP contribution in [0.1, 0.15) is 13.3 Å². The van der Waals surface area contributed by atoms with Crippen LogP contribution in [0.15, 0.2) is 23.8 Å². The largest absolute Gasteiger partial charge is 0.291 e. The van der Waals surface area contributed by atoms with E-state index in [1.807, 2.05) is 6.92 Å². The third-order valence-electron chi connectivity index (χ3n) is 1.85. The molecule has 0 saturated carbocycles. The van der Waals surface area contributed by atoms with Gasteiger partial charge >= 0.3 is 0 Å². The van der Waals surface area contributed by atoms with E-state index >= 15 is 0 Å². The van der Waals surface area contributed by atoms with E-state index < -0.39 is 0 Å². The van der Waals surface area contributed by atoms with Gasteiger partial charge in [-0.25, -0.2) is 0 Å². The Morgan fingerprint density at radius 3 is 3.00 bits per heavy atom. The predicted octanol–water partition coefficient (Wildman–Crippen LogP) is 1.83. The van der Waals surface area contributed by atoms with Crippen molar-refractivity contribution in [2.75, 3.05) is 20.1 Å². The van der Waals surface area contributed by atoms with Gasteiger partial charge in [-0.3, -0.25) is 4.90 Å². The van der Waals surface area contributed by atoms with Crippen LogP contribution < -0.4 is 0 Å². The summed E-state index contributed by atoms with van der Waals surface area (Å²) < 4.78 is 0. The molecule has 1 nitrogen and oxygen atoms in total. The molecule has 0 heterocycles. The second-order valence-electron chi connectivity index (χ2n) is 3.06. The number of hydrogen-bond acceptors (Lipinski definition) is 1. The minimum absolute atomic E-state index is 0.869. The number of likely N-dealkylation sites (N-methyl/N-ethyl adjacent to an activating group) is 1. The molecule has 1 rings (SSSR count). The fraction of sp³-hybridized carbons (Fsp3) is 0.455. The van der Waals surface area contributed by atoms with Crippen LogP contribution in [0.2, 0.25) is 0 Å². The van der Waals surface area contributed by atoms with Crippen molar-refractivity contribution in [2.24, 2.45) is 0 Å². The van der Waals surface area contributed by atoms with E-state index in [0.29, 0.717) is 0 Å². The Bertz CT molecular complexity index is 250. The zero-order valence-corrected chi connectivity index (χ0v) is 7.80. The quantitative estimate of drug-likeness (QED) is 0.571. The minimum atomic E-state index is 0.869. The van der Waals surface area contributed by atoms with Crippen molar-refractivity contribution in [1.82, 2.24) is 4.90 Å². The molecule has 0 aliphatic heterocycles. The molecule has 0 radical (unpaired) electrons.